The molecular formula is C18H22FN9O. The van der Waals surface area contributed by atoms with Gasteiger partial charge >= 0.3 is 0 Å². The largest absolute Gasteiger partial charge is 0.378 e. The highest BCUT2D eigenvalue weighted by atomic mass is 19.1. The molecule has 10 nitrogen and oxygen atoms in total. The molecule has 152 valence electrons. The summed E-state index contributed by atoms with van der Waals surface area (Å²) in [7, 11) is 0. The molecular weight excluding hydrogens is 377 g/mol. The zero-order valence-corrected chi connectivity index (χ0v) is 16.2. The van der Waals surface area contributed by atoms with Crippen LogP contribution in [-0.4, -0.2) is 56.4 Å². The Morgan fingerprint density at radius 2 is 1.90 bits per heavy atom. The molecule has 29 heavy (non-hydrogen) atoms. The molecule has 0 radical (unpaired) electrons. The number of aromatic amines is 1. The van der Waals surface area contributed by atoms with Crippen molar-refractivity contribution in [2.24, 2.45) is 0 Å². The monoisotopic (exact) mass is 399 g/mol. The number of H-pyrrole nitrogens is 1. The van der Waals surface area contributed by atoms with Gasteiger partial charge in [-0.1, -0.05) is 0 Å². The third-order valence-corrected chi connectivity index (χ3v) is 4.38. The second-order valence-electron chi connectivity index (χ2n) is 6.72. The van der Waals surface area contributed by atoms with E-state index in [2.05, 4.69) is 45.7 Å². The molecule has 0 saturated carbocycles. The van der Waals surface area contributed by atoms with Crippen LogP contribution >= 0.6 is 0 Å². The molecule has 0 aliphatic carbocycles. The van der Waals surface area contributed by atoms with E-state index in [1.54, 1.807) is 0 Å². The Bertz CT molecular complexity index is 956. The topological polar surface area (TPSA) is 117 Å². The van der Waals surface area contributed by atoms with Gasteiger partial charge in [-0.25, -0.2) is 14.4 Å². The molecule has 0 unspecified atom stereocenters. The predicted octanol–water partition coefficient (Wildman–Crippen LogP) is 2.19. The van der Waals surface area contributed by atoms with Gasteiger partial charge in [0.25, 0.3) is 0 Å². The molecule has 3 aromatic rings. The first-order valence-corrected chi connectivity index (χ1v) is 9.31. The number of ether oxygens (including phenoxy) is 1. The number of aryl methyl sites for hydroxylation is 1. The van der Waals surface area contributed by atoms with Gasteiger partial charge in [0.1, 0.15) is 17.5 Å². The van der Waals surface area contributed by atoms with E-state index in [-0.39, 0.29) is 6.04 Å². The summed E-state index contributed by atoms with van der Waals surface area (Å²) in [5, 5.41) is 13.5. The molecule has 1 atom stereocenters. The minimum atomic E-state index is -0.479. The van der Waals surface area contributed by atoms with Crippen molar-refractivity contribution < 1.29 is 9.13 Å². The van der Waals surface area contributed by atoms with Gasteiger partial charge in [0.2, 0.25) is 5.95 Å². The zero-order valence-electron chi connectivity index (χ0n) is 16.2. The van der Waals surface area contributed by atoms with Crippen molar-refractivity contribution in [3.63, 3.8) is 0 Å². The number of hydrogen-bond acceptors (Lipinski definition) is 9. The van der Waals surface area contributed by atoms with Gasteiger partial charge in [-0.3, -0.25) is 5.10 Å². The van der Waals surface area contributed by atoms with E-state index in [1.165, 1.54) is 0 Å². The number of nitrogens with one attached hydrogen (secondary N) is 3. The smallest absolute Gasteiger partial charge is 0.227 e. The van der Waals surface area contributed by atoms with Crippen molar-refractivity contribution >= 4 is 23.4 Å². The van der Waals surface area contributed by atoms with Crippen LogP contribution < -0.4 is 15.5 Å². The Labute approximate surface area is 167 Å². The van der Waals surface area contributed by atoms with E-state index in [0.717, 1.165) is 37.0 Å². The number of halogens is 1. The molecule has 0 bridgehead atoms. The Kier molecular flexibility index (Phi) is 5.47. The molecule has 3 N–H and O–H groups in total. The van der Waals surface area contributed by atoms with E-state index in [9.17, 15) is 4.39 Å². The number of nitrogens with zero attached hydrogens (tertiary/aromatic N) is 6. The molecule has 11 heteroatoms. The lowest BCUT2D eigenvalue weighted by Crippen LogP contribution is -2.37. The van der Waals surface area contributed by atoms with Crippen LogP contribution in [0.5, 0.6) is 0 Å². The summed E-state index contributed by atoms with van der Waals surface area (Å²) in [6.07, 6.45) is 2.27. The summed E-state index contributed by atoms with van der Waals surface area (Å²) in [4.78, 5) is 19.4. The third kappa shape index (κ3) is 4.74. The fourth-order valence-corrected chi connectivity index (χ4v) is 2.93. The molecule has 0 aromatic carbocycles. The number of anilines is 4. The Balaban J connectivity index is 1.60. The van der Waals surface area contributed by atoms with Crippen molar-refractivity contribution in [2.45, 2.75) is 19.9 Å². The summed E-state index contributed by atoms with van der Waals surface area (Å²) < 4.78 is 18.5. The predicted molar refractivity (Wildman–Crippen MR) is 106 cm³/mol. The Hall–Kier alpha value is -3.34. The zero-order chi connectivity index (χ0) is 20.2. The molecule has 1 saturated heterocycles. The highest BCUT2D eigenvalue weighted by molar-refractivity contribution is 5.59. The number of aromatic nitrogens is 6. The number of morpholine rings is 1. The van der Waals surface area contributed by atoms with Crippen LogP contribution in [0.15, 0.2) is 24.5 Å². The SMILES string of the molecule is Cc1cc(Nc2cc(N3CCOCC3)nc(N[C@@H](C)c3ncc(F)cn3)n2)n[nH]1. The van der Waals surface area contributed by atoms with Gasteiger partial charge in [0.05, 0.1) is 31.6 Å². The molecule has 1 fully saturated rings. The van der Waals surface area contributed by atoms with Crippen LogP contribution in [0.2, 0.25) is 0 Å². The van der Waals surface area contributed by atoms with E-state index in [0.29, 0.717) is 36.6 Å². The lowest BCUT2D eigenvalue weighted by Gasteiger charge is -2.28. The first-order chi connectivity index (χ1) is 14.1. The number of rotatable bonds is 6. The average Bonchev–Trinajstić information content (AvgIpc) is 3.13. The fourth-order valence-electron chi connectivity index (χ4n) is 2.93. The maximum Gasteiger partial charge on any atom is 0.227 e. The number of hydrogen-bond donors (Lipinski definition) is 3. The maximum atomic E-state index is 13.1. The summed E-state index contributed by atoms with van der Waals surface area (Å²) in [5.41, 5.74) is 0.940. The van der Waals surface area contributed by atoms with Gasteiger partial charge in [-0.05, 0) is 13.8 Å². The second kappa shape index (κ2) is 8.35. The quantitative estimate of drug-likeness (QED) is 0.573. The van der Waals surface area contributed by atoms with Crippen molar-refractivity contribution in [1.29, 1.82) is 0 Å². The average molecular weight is 399 g/mol. The van der Waals surface area contributed by atoms with Gasteiger partial charge in [-0.2, -0.15) is 15.1 Å². The van der Waals surface area contributed by atoms with Gasteiger partial charge in [0, 0.05) is 30.9 Å². The Morgan fingerprint density at radius 3 is 2.59 bits per heavy atom. The van der Waals surface area contributed by atoms with Crippen LogP contribution in [-0.2, 0) is 4.74 Å². The first-order valence-electron chi connectivity index (χ1n) is 9.31. The van der Waals surface area contributed by atoms with Crippen LogP contribution in [0, 0.1) is 12.7 Å². The standard InChI is InChI=1S/C18H22FN9O/c1-11-7-15(27-26-11)23-14-8-16(28-3-5-29-6-4-28)25-18(24-14)22-12(2)17-20-9-13(19)10-21-17/h7-10,12H,3-6H2,1-2H3,(H3,22,23,24,25,26,27)/t12-/m0/s1. The van der Waals surface area contributed by atoms with E-state index in [1.807, 2.05) is 26.0 Å². The van der Waals surface area contributed by atoms with Crippen molar-refractivity contribution in [3.05, 3.63) is 41.9 Å². The molecule has 1 aliphatic rings. The summed E-state index contributed by atoms with van der Waals surface area (Å²) in [5.74, 6) is 2.41. The summed E-state index contributed by atoms with van der Waals surface area (Å²) in [6, 6.07) is 3.45. The highest BCUT2D eigenvalue weighted by Gasteiger charge is 2.17. The molecule has 0 amide bonds. The Morgan fingerprint density at radius 1 is 1.14 bits per heavy atom. The molecule has 4 heterocycles. The van der Waals surface area contributed by atoms with Crippen molar-refractivity contribution in [1.82, 2.24) is 30.1 Å². The first kappa shape index (κ1) is 19.0. The minimum absolute atomic E-state index is 0.309. The normalized spacial score (nSPS) is 15.2. The molecule has 1 aliphatic heterocycles. The highest BCUT2D eigenvalue weighted by Crippen LogP contribution is 2.23. The summed E-state index contributed by atoms with van der Waals surface area (Å²) in [6.45, 7) is 6.57. The van der Waals surface area contributed by atoms with E-state index < -0.39 is 5.82 Å². The van der Waals surface area contributed by atoms with E-state index >= 15 is 0 Å². The second-order valence-corrected chi connectivity index (χ2v) is 6.72. The van der Waals surface area contributed by atoms with Gasteiger partial charge in [-0.15, -0.1) is 0 Å². The molecule has 0 spiro atoms. The van der Waals surface area contributed by atoms with Gasteiger partial charge < -0.3 is 20.3 Å². The van der Waals surface area contributed by atoms with Gasteiger partial charge in [0.15, 0.2) is 11.6 Å². The minimum Gasteiger partial charge on any atom is -0.378 e. The molecule has 3 aromatic heterocycles. The third-order valence-electron chi connectivity index (χ3n) is 4.38. The van der Waals surface area contributed by atoms with Crippen LogP contribution in [0.25, 0.3) is 0 Å². The fraction of sp³-hybridized carbons (Fsp3) is 0.389. The summed E-state index contributed by atoms with van der Waals surface area (Å²) >= 11 is 0. The van der Waals surface area contributed by atoms with E-state index in [4.69, 9.17) is 4.74 Å². The van der Waals surface area contributed by atoms with Crippen LogP contribution in [0.4, 0.5) is 27.8 Å². The lowest BCUT2D eigenvalue weighted by molar-refractivity contribution is 0.122. The van der Waals surface area contributed by atoms with Crippen molar-refractivity contribution in [2.75, 3.05) is 41.8 Å². The lowest BCUT2D eigenvalue weighted by atomic mass is 10.3. The maximum absolute atomic E-state index is 13.1. The van der Waals surface area contributed by atoms with Crippen molar-refractivity contribution in [3.8, 4) is 0 Å². The molecule has 4 rings (SSSR count). The van der Waals surface area contributed by atoms with Crippen LogP contribution in [0.3, 0.4) is 0 Å². The van der Waals surface area contributed by atoms with Crippen LogP contribution in [0.1, 0.15) is 24.5 Å².